The maximum absolute atomic E-state index is 13.5. The monoisotopic (exact) mass is 549 g/mol. The Bertz CT molecular complexity index is 1170. The van der Waals surface area contributed by atoms with Crippen molar-refractivity contribution in [2.24, 2.45) is 0 Å². The summed E-state index contributed by atoms with van der Waals surface area (Å²) in [5, 5.41) is 3.48. The van der Waals surface area contributed by atoms with Gasteiger partial charge < -0.3 is 10.2 Å². The first-order valence-electron chi connectivity index (χ1n) is 12.8. The number of hydrogen-bond acceptors (Lipinski definition) is 4. The number of carbonyl (C=O) groups is 2. The first-order chi connectivity index (χ1) is 17.4. The van der Waals surface area contributed by atoms with Gasteiger partial charge in [0.1, 0.15) is 6.04 Å². The van der Waals surface area contributed by atoms with Crippen molar-refractivity contribution in [3.8, 4) is 0 Å². The number of nitrogens with one attached hydrogen (secondary N) is 1. The summed E-state index contributed by atoms with van der Waals surface area (Å²) in [6, 6.07) is 12.4. The molecular formula is C28H40ClN3O4S. The fourth-order valence-corrected chi connectivity index (χ4v) is 5.28. The zero-order valence-electron chi connectivity index (χ0n) is 22.8. The number of halogens is 1. The molecule has 0 aliphatic heterocycles. The third-order valence-corrected chi connectivity index (χ3v) is 8.11. The number of aryl methyl sites for hydroxylation is 1. The number of rotatable bonds is 13. The summed E-state index contributed by atoms with van der Waals surface area (Å²) in [5.41, 5.74) is 3.20. The molecule has 0 saturated carbocycles. The Kier molecular flexibility index (Phi) is 11.4. The molecule has 0 aliphatic rings. The molecule has 7 nitrogen and oxygen atoms in total. The Balaban J connectivity index is 2.25. The van der Waals surface area contributed by atoms with Gasteiger partial charge in [-0.3, -0.25) is 13.9 Å². The Hall–Kier alpha value is -2.58. The normalized spacial score (nSPS) is 13.1. The predicted molar refractivity (Wildman–Crippen MR) is 151 cm³/mol. The van der Waals surface area contributed by atoms with E-state index in [1.807, 2.05) is 52.0 Å². The molecule has 204 valence electrons. The van der Waals surface area contributed by atoms with Crippen LogP contribution >= 0.6 is 11.6 Å². The van der Waals surface area contributed by atoms with Crippen LogP contribution in [0.5, 0.6) is 0 Å². The molecule has 0 aromatic heterocycles. The Labute approximate surface area is 227 Å². The second kappa shape index (κ2) is 13.8. The van der Waals surface area contributed by atoms with Crippen LogP contribution < -0.4 is 9.62 Å². The van der Waals surface area contributed by atoms with Crippen molar-refractivity contribution >= 4 is 39.1 Å². The zero-order valence-corrected chi connectivity index (χ0v) is 24.3. The van der Waals surface area contributed by atoms with Gasteiger partial charge in [0, 0.05) is 30.6 Å². The van der Waals surface area contributed by atoms with Crippen LogP contribution in [0, 0.1) is 13.8 Å². The van der Waals surface area contributed by atoms with Gasteiger partial charge >= 0.3 is 0 Å². The highest BCUT2D eigenvalue weighted by molar-refractivity contribution is 7.92. The number of amides is 2. The lowest BCUT2D eigenvalue weighted by Gasteiger charge is -2.32. The van der Waals surface area contributed by atoms with E-state index in [9.17, 15) is 18.0 Å². The number of hydrogen-bond donors (Lipinski definition) is 1. The minimum atomic E-state index is -3.59. The number of benzene rings is 2. The van der Waals surface area contributed by atoms with Gasteiger partial charge in [-0.25, -0.2) is 8.42 Å². The lowest BCUT2D eigenvalue weighted by Crippen LogP contribution is -2.50. The van der Waals surface area contributed by atoms with Crippen molar-refractivity contribution in [3.63, 3.8) is 0 Å². The van der Waals surface area contributed by atoms with E-state index in [2.05, 4.69) is 5.32 Å². The minimum Gasteiger partial charge on any atom is -0.352 e. The molecule has 0 heterocycles. The molecule has 0 bridgehead atoms. The van der Waals surface area contributed by atoms with Crippen molar-refractivity contribution in [2.75, 3.05) is 17.1 Å². The van der Waals surface area contributed by atoms with Gasteiger partial charge in [-0.1, -0.05) is 61.3 Å². The van der Waals surface area contributed by atoms with Crippen LogP contribution in [0.3, 0.4) is 0 Å². The molecule has 0 unspecified atom stereocenters. The molecule has 0 radical (unpaired) electrons. The summed E-state index contributed by atoms with van der Waals surface area (Å²) >= 11 is 6.23. The minimum absolute atomic E-state index is 0.00197. The summed E-state index contributed by atoms with van der Waals surface area (Å²) in [6.45, 7) is 10.0. The predicted octanol–water partition coefficient (Wildman–Crippen LogP) is 5.23. The van der Waals surface area contributed by atoms with Crippen LogP contribution in [-0.2, 0) is 26.2 Å². The molecule has 0 saturated heterocycles. The van der Waals surface area contributed by atoms with Crippen LogP contribution in [0.1, 0.15) is 63.1 Å². The van der Waals surface area contributed by atoms with E-state index < -0.39 is 16.1 Å². The van der Waals surface area contributed by atoms with Gasteiger partial charge in [-0.2, -0.15) is 0 Å². The molecule has 0 aliphatic carbocycles. The summed E-state index contributed by atoms with van der Waals surface area (Å²) in [7, 11) is -3.59. The van der Waals surface area contributed by atoms with Crippen molar-refractivity contribution < 1.29 is 18.0 Å². The molecule has 0 spiro atoms. The average molecular weight is 550 g/mol. The van der Waals surface area contributed by atoms with Crippen molar-refractivity contribution in [1.82, 2.24) is 10.2 Å². The van der Waals surface area contributed by atoms with Crippen molar-refractivity contribution in [1.29, 1.82) is 0 Å². The third-order valence-electron chi connectivity index (χ3n) is 6.52. The van der Waals surface area contributed by atoms with Gasteiger partial charge in [0.25, 0.3) is 0 Å². The highest BCUT2D eigenvalue weighted by atomic mass is 35.5. The fraction of sp³-hybridized carbons (Fsp3) is 0.500. The zero-order chi connectivity index (χ0) is 27.8. The second-order valence-corrected chi connectivity index (χ2v) is 11.9. The van der Waals surface area contributed by atoms with Crippen LogP contribution in [0.4, 0.5) is 5.69 Å². The van der Waals surface area contributed by atoms with Gasteiger partial charge in [0.05, 0.1) is 11.9 Å². The SMILES string of the molecule is CC[C@@H](C)NC(=O)[C@H](CC)N(Cc1ccc(C)cc1)C(=O)CCCN(c1cccc(Cl)c1C)S(C)(=O)=O. The molecular weight excluding hydrogens is 510 g/mol. The first-order valence-corrected chi connectivity index (χ1v) is 15.0. The first kappa shape index (κ1) is 30.6. The fourth-order valence-electron chi connectivity index (χ4n) is 4.10. The topological polar surface area (TPSA) is 86.8 Å². The van der Waals surface area contributed by atoms with E-state index in [0.29, 0.717) is 35.7 Å². The van der Waals surface area contributed by atoms with Crippen LogP contribution in [-0.4, -0.2) is 50.0 Å². The number of sulfonamides is 1. The van der Waals surface area contributed by atoms with E-state index in [1.54, 1.807) is 30.0 Å². The van der Waals surface area contributed by atoms with E-state index in [-0.39, 0.29) is 30.8 Å². The molecule has 0 fully saturated rings. The van der Waals surface area contributed by atoms with Crippen LogP contribution in [0.15, 0.2) is 42.5 Å². The molecule has 2 aromatic rings. The number of anilines is 1. The standard InChI is InChI=1S/C28H40ClN3O4S/c1-7-21(4)30-28(34)25(8-2)31(19-23-16-14-20(3)15-17-23)27(33)13-10-18-32(37(6,35)36)26-12-9-11-24(29)22(26)5/h9,11-12,14-17,21,25H,7-8,10,13,18-19H2,1-6H3,(H,30,34)/t21-,25+/m1/s1. The second-order valence-electron chi connectivity index (χ2n) is 9.57. The maximum Gasteiger partial charge on any atom is 0.243 e. The van der Waals surface area contributed by atoms with Crippen molar-refractivity contribution in [2.45, 2.75) is 78.9 Å². The highest BCUT2D eigenvalue weighted by Gasteiger charge is 2.29. The molecule has 9 heteroatoms. The molecule has 2 aromatic carbocycles. The van der Waals surface area contributed by atoms with E-state index in [1.165, 1.54) is 4.31 Å². The molecule has 37 heavy (non-hydrogen) atoms. The van der Waals surface area contributed by atoms with E-state index in [4.69, 9.17) is 11.6 Å². The smallest absolute Gasteiger partial charge is 0.243 e. The van der Waals surface area contributed by atoms with Gasteiger partial charge in [-0.05, 0) is 63.3 Å². The van der Waals surface area contributed by atoms with Crippen molar-refractivity contribution in [3.05, 3.63) is 64.2 Å². The van der Waals surface area contributed by atoms with E-state index in [0.717, 1.165) is 23.8 Å². The van der Waals surface area contributed by atoms with Gasteiger partial charge in [-0.15, -0.1) is 0 Å². The summed E-state index contributed by atoms with van der Waals surface area (Å²) < 4.78 is 26.5. The quantitative estimate of drug-likeness (QED) is 0.371. The molecule has 1 N–H and O–H groups in total. The molecule has 2 atom stereocenters. The lowest BCUT2D eigenvalue weighted by molar-refractivity contribution is -0.141. The molecule has 2 rings (SSSR count). The Morgan fingerprint density at radius 1 is 1.03 bits per heavy atom. The maximum atomic E-state index is 13.5. The molecule has 2 amide bonds. The highest BCUT2D eigenvalue weighted by Crippen LogP contribution is 2.28. The van der Waals surface area contributed by atoms with Gasteiger partial charge in [0.2, 0.25) is 21.8 Å². The van der Waals surface area contributed by atoms with Crippen LogP contribution in [0.25, 0.3) is 0 Å². The third kappa shape index (κ3) is 8.75. The Morgan fingerprint density at radius 2 is 1.68 bits per heavy atom. The summed E-state index contributed by atoms with van der Waals surface area (Å²) in [6.07, 6.45) is 2.80. The van der Waals surface area contributed by atoms with E-state index >= 15 is 0 Å². The summed E-state index contributed by atoms with van der Waals surface area (Å²) in [5.74, 6) is -0.368. The van der Waals surface area contributed by atoms with Crippen LogP contribution in [0.2, 0.25) is 5.02 Å². The largest absolute Gasteiger partial charge is 0.352 e. The Morgan fingerprint density at radius 3 is 2.24 bits per heavy atom. The van der Waals surface area contributed by atoms with Gasteiger partial charge in [0.15, 0.2) is 0 Å². The number of carbonyl (C=O) groups excluding carboxylic acids is 2. The lowest BCUT2D eigenvalue weighted by atomic mass is 10.1. The number of nitrogens with zero attached hydrogens (tertiary/aromatic N) is 2. The average Bonchev–Trinajstić information content (AvgIpc) is 2.84. The summed E-state index contributed by atoms with van der Waals surface area (Å²) in [4.78, 5) is 28.2.